The molecule has 0 radical (unpaired) electrons. The van der Waals surface area contributed by atoms with Crippen molar-refractivity contribution in [2.75, 3.05) is 5.32 Å². The van der Waals surface area contributed by atoms with E-state index in [1.807, 2.05) is 18.6 Å². The van der Waals surface area contributed by atoms with Gasteiger partial charge in [-0.05, 0) is 18.2 Å². The summed E-state index contributed by atoms with van der Waals surface area (Å²) in [5.74, 6) is -0.232. The zero-order valence-corrected chi connectivity index (χ0v) is 12.6. The second-order valence-corrected chi connectivity index (χ2v) is 5.70. The smallest absolute Gasteiger partial charge is 0.257 e. The van der Waals surface area contributed by atoms with E-state index in [1.165, 1.54) is 11.3 Å². The maximum absolute atomic E-state index is 12.1. The molecular weight excluding hydrogens is 308 g/mol. The lowest BCUT2D eigenvalue weighted by molar-refractivity contribution is 0.102. The highest BCUT2D eigenvalue weighted by atomic mass is 35.5. The van der Waals surface area contributed by atoms with Crippen molar-refractivity contribution in [1.29, 1.82) is 0 Å². The molecule has 0 spiro atoms. The third-order valence-electron chi connectivity index (χ3n) is 2.81. The largest absolute Gasteiger partial charge is 0.298 e. The number of aromatic nitrogens is 3. The number of anilines is 1. The van der Waals surface area contributed by atoms with Gasteiger partial charge in [0.2, 0.25) is 0 Å². The summed E-state index contributed by atoms with van der Waals surface area (Å²) in [6.07, 6.45) is 3.61. The SMILES string of the molecule is Cn1cc(-c2csc(NC(=O)c3cccc(Cl)c3)n2)cn1. The molecule has 1 aromatic carbocycles. The van der Waals surface area contributed by atoms with Crippen molar-refractivity contribution in [3.63, 3.8) is 0 Å². The minimum absolute atomic E-state index is 0.232. The van der Waals surface area contributed by atoms with Gasteiger partial charge in [0, 0.05) is 34.8 Å². The lowest BCUT2D eigenvalue weighted by Crippen LogP contribution is -2.11. The molecule has 106 valence electrons. The molecule has 2 heterocycles. The third-order valence-corrected chi connectivity index (χ3v) is 3.80. The van der Waals surface area contributed by atoms with Crippen molar-refractivity contribution in [2.24, 2.45) is 7.05 Å². The van der Waals surface area contributed by atoms with Crippen LogP contribution < -0.4 is 5.32 Å². The normalized spacial score (nSPS) is 10.6. The van der Waals surface area contributed by atoms with Gasteiger partial charge in [0.15, 0.2) is 5.13 Å². The highest BCUT2D eigenvalue weighted by molar-refractivity contribution is 7.14. The van der Waals surface area contributed by atoms with Crippen LogP contribution in [0, 0.1) is 0 Å². The summed E-state index contributed by atoms with van der Waals surface area (Å²) in [6, 6.07) is 6.78. The van der Waals surface area contributed by atoms with Gasteiger partial charge in [-0.25, -0.2) is 4.98 Å². The first-order valence-electron chi connectivity index (χ1n) is 6.13. The van der Waals surface area contributed by atoms with Crippen molar-refractivity contribution < 1.29 is 4.79 Å². The van der Waals surface area contributed by atoms with Crippen molar-refractivity contribution >= 4 is 34.0 Å². The van der Waals surface area contributed by atoms with Gasteiger partial charge in [-0.2, -0.15) is 5.10 Å². The Morgan fingerprint density at radius 3 is 3.00 bits per heavy atom. The molecule has 0 atom stereocenters. The first kappa shape index (κ1) is 13.8. The average molecular weight is 319 g/mol. The van der Waals surface area contributed by atoms with Gasteiger partial charge < -0.3 is 0 Å². The predicted octanol–water partition coefficient (Wildman–Crippen LogP) is 3.45. The number of carbonyl (C=O) groups excluding carboxylic acids is 1. The molecule has 1 amide bonds. The average Bonchev–Trinajstić information content (AvgIpc) is 3.07. The van der Waals surface area contributed by atoms with Crippen molar-refractivity contribution in [1.82, 2.24) is 14.8 Å². The van der Waals surface area contributed by atoms with Crippen LogP contribution in [0.4, 0.5) is 5.13 Å². The van der Waals surface area contributed by atoms with Crippen LogP contribution in [0.25, 0.3) is 11.3 Å². The summed E-state index contributed by atoms with van der Waals surface area (Å²) in [4.78, 5) is 16.5. The van der Waals surface area contributed by atoms with Gasteiger partial charge in [-0.15, -0.1) is 11.3 Å². The molecule has 0 saturated carbocycles. The maximum atomic E-state index is 12.1. The number of rotatable bonds is 3. The first-order valence-corrected chi connectivity index (χ1v) is 7.39. The Labute approximate surface area is 130 Å². The fourth-order valence-corrected chi connectivity index (χ4v) is 2.72. The third kappa shape index (κ3) is 3.12. The van der Waals surface area contributed by atoms with E-state index < -0.39 is 0 Å². The summed E-state index contributed by atoms with van der Waals surface area (Å²) >= 11 is 7.24. The van der Waals surface area contributed by atoms with Gasteiger partial charge in [-0.1, -0.05) is 17.7 Å². The second-order valence-electron chi connectivity index (χ2n) is 4.41. The number of hydrogen-bond acceptors (Lipinski definition) is 4. The fraction of sp³-hybridized carbons (Fsp3) is 0.0714. The molecule has 0 unspecified atom stereocenters. The second kappa shape index (κ2) is 5.67. The molecular formula is C14H11ClN4OS. The molecule has 3 aromatic rings. The van der Waals surface area contributed by atoms with E-state index in [9.17, 15) is 4.79 Å². The van der Waals surface area contributed by atoms with E-state index in [2.05, 4.69) is 15.4 Å². The van der Waals surface area contributed by atoms with Crippen molar-refractivity contribution in [3.8, 4) is 11.3 Å². The molecule has 0 aliphatic carbocycles. The number of nitrogens with one attached hydrogen (secondary N) is 1. The van der Waals surface area contributed by atoms with Gasteiger partial charge in [0.25, 0.3) is 5.91 Å². The summed E-state index contributed by atoms with van der Waals surface area (Å²) in [5.41, 5.74) is 2.20. The van der Waals surface area contributed by atoms with Gasteiger partial charge in [0.05, 0.1) is 11.9 Å². The minimum Gasteiger partial charge on any atom is -0.298 e. The molecule has 0 aliphatic rings. The Morgan fingerprint density at radius 1 is 1.43 bits per heavy atom. The molecule has 0 fully saturated rings. The van der Waals surface area contributed by atoms with Gasteiger partial charge >= 0.3 is 0 Å². The zero-order valence-electron chi connectivity index (χ0n) is 11.1. The molecule has 0 bridgehead atoms. The monoisotopic (exact) mass is 318 g/mol. The fourth-order valence-electron chi connectivity index (χ4n) is 1.82. The number of hydrogen-bond donors (Lipinski definition) is 1. The molecule has 0 saturated heterocycles. The van der Waals surface area contributed by atoms with Crippen molar-refractivity contribution in [2.45, 2.75) is 0 Å². The van der Waals surface area contributed by atoms with E-state index in [0.29, 0.717) is 15.7 Å². The van der Waals surface area contributed by atoms with Gasteiger partial charge in [-0.3, -0.25) is 14.8 Å². The summed E-state index contributed by atoms with van der Waals surface area (Å²) < 4.78 is 1.71. The summed E-state index contributed by atoms with van der Waals surface area (Å²) in [5, 5.41) is 9.81. The zero-order chi connectivity index (χ0) is 14.8. The number of aryl methyl sites for hydroxylation is 1. The van der Waals surface area contributed by atoms with Crippen LogP contribution in [0.5, 0.6) is 0 Å². The van der Waals surface area contributed by atoms with Crippen LogP contribution in [-0.4, -0.2) is 20.7 Å². The standard InChI is InChI=1S/C14H11ClN4OS/c1-19-7-10(6-16-19)12-8-21-14(17-12)18-13(20)9-3-2-4-11(15)5-9/h2-8H,1H3,(H,17,18,20). The quantitative estimate of drug-likeness (QED) is 0.804. The molecule has 21 heavy (non-hydrogen) atoms. The number of thiazole rings is 1. The van der Waals surface area contributed by atoms with E-state index in [0.717, 1.165) is 11.3 Å². The van der Waals surface area contributed by atoms with Crippen LogP contribution >= 0.6 is 22.9 Å². The number of benzene rings is 1. The summed E-state index contributed by atoms with van der Waals surface area (Å²) in [7, 11) is 1.84. The Hall–Kier alpha value is -2.18. The summed E-state index contributed by atoms with van der Waals surface area (Å²) in [6.45, 7) is 0. The van der Waals surface area contributed by atoms with Crippen LogP contribution in [-0.2, 0) is 7.05 Å². The Bertz CT molecular complexity index is 796. The number of amides is 1. The minimum atomic E-state index is -0.232. The lowest BCUT2D eigenvalue weighted by atomic mass is 10.2. The van der Waals surface area contributed by atoms with E-state index in [1.54, 1.807) is 35.1 Å². The molecule has 5 nitrogen and oxygen atoms in total. The molecule has 2 aromatic heterocycles. The lowest BCUT2D eigenvalue weighted by Gasteiger charge is -2.01. The first-order chi connectivity index (χ1) is 10.1. The highest BCUT2D eigenvalue weighted by Crippen LogP contribution is 2.24. The maximum Gasteiger partial charge on any atom is 0.257 e. The van der Waals surface area contributed by atoms with E-state index in [-0.39, 0.29) is 5.91 Å². The highest BCUT2D eigenvalue weighted by Gasteiger charge is 2.11. The van der Waals surface area contributed by atoms with Crippen LogP contribution in [0.1, 0.15) is 10.4 Å². The Balaban J connectivity index is 1.77. The number of halogens is 1. The van der Waals surface area contributed by atoms with E-state index in [4.69, 9.17) is 11.6 Å². The number of carbonyl (C=O) groups is 1. The predicted molar refractivity (Wildman–Crippen MR) is 83.7 cm³/mol. The van der Waals surface area contributed by atoms with Crippen LogP contribution in [0.15, 0.2) is 42.0 Å². The molecule has 0 aliphatic heterocycles. The van der Waals surface area contributed by atoms with Gasteiger partial charge in [0.1, 0.15) is 0 Å². The number of nitrogens with zero attached hydrogens (tertiary/aromatic N) is 3. The van der Waals surface area contributed by atoms with Crippen LogP contribution in [0.2, 0.25) is 5.02 Å². The van der Waals surface area contributed by atoms with Crippen LogP contribution in [0.3, 0.4) is 0 Å². The molecule has 7 heteroatoms. The van der Waals surface area contributed by atoms with E-state index >= 15 is 0 Å². The molecule has 3 rings (SSSR count). The topological polar surface area (TPSA) is 59.8 Å². The Kier molecular flexibility index (Phi) is 3.72. The van der Waals surface area contributed by atoms with Crippen molar-refractivity contribution in [3.05, 3.63) is 52.6 Å². The Morgan fingerprint density at radius 2 is 2.29 bits per heavy atom. The molecule has 1 N–H and O–H groups in total.